The molecule has 1 atom stereocenters. The van der Waals surface area contributed by atoms with E-state index in [0.717, 1.165) is 22.7 Å². The predicted molar refractivity (Wildman–Crippen MR) is 209 cm³/mol. The number of hydrogen-bond acceptors (Lipinski definition) is 11. The number of piperidine rings is 2. The molecule has 19 heteroatoms. The van der Waals surface area contributed by atoms with Gasteiger partial charge in [-0.2, -0.15) is 18.3 Å². The Kier molecular flexibility index (Phi) is 10.4. The second kappa shape index (κ2) is 15.4. The van der Waals surface area contributed by atoms with Crippen LogP contribution in [0.1, 0.15) is 88.0 Å². The van der Waals surface area contributed by atoms with Gasteiger partial charge in [-0.1, -0.05) is 6.07 Å². The Morgan fingerprint density at radius 2 is 1.62 bits per heavy atom. The Morgan fingerprint density at radius 3 is 2.30 bits per heavy atom. The minimum Gasteiger partial charge on any atom is -0.386 e. The number of aliphatic hydroxyl groups is 1. The zero-order chi connectivity index (χ0) is 42.7. The Hall–Kier alpha value is -6.21. The highest BCUT2D eigenvalue weighted by Crippen LogP contribution is 2.35. The molecule has 2 aromatic carbocycles. The van der Waals surface area contributed by atoms with Gasteiger partial charge >= 0.3 is 6.18 Å². The summed E-state index contributed by atoms with van der Waals surface area (Å²) in [7, 11) is 0. The van der Waals surface area contributed by atoms with E-state index in [1.807, 2.05) is 20.7 Å². The molecule has 60 heavy (non-hydrogen) atoms. The van der Waals surface area contributed by atoms with Gasteiger partial charge in [0, 0.05) is 74.2 Å². The van der Waals surface area contributed by atoms with Crippen LogP contribution in [-0.2, 0) is 26.2 Å². The third-order valence-corrected chi connectivity index (χ3v) is 11.6. The molecule has 0 spiro atoms. The Balaban J connectivity index is 0.854. The number of halogens is 3. The number of benzene rings is 2. The molecule has 0 bridgehead atoms. The summed E-state index contributed by atoms with van der Waals surface area (Å²) in [6.45, 7) is 6.56. The quantitative estimate of drug-likeness (QED) is 0.221. The van der Waals surface area contributed by atoms with E-state index in [1.165, 1.54) is 19.9 Å². The number of amides is 6. The van der Waals surface area contributed by atoms with Gasteiger partial charge in [-0.05, 0) is 75.6 Å². The lowest BCUT2D eigenvalue weighted by atomic mass is 9.95. The predicted octanol–water partition coefficient (Wildman–Crippen LogP) is 3.32. The van der Waals surface area contributed by atoms with Crippen LogP contribution in [0.3, 0.4) is 0 Å². The molecule has 16 nitrogen and oxygen atoms in total. The van der Waals surface area contributed by atoms with E-state index in [4.69, 9.17) is 5.10 Å². The lowest BCUT2D eigenvalue weighted by molar-refractivity contribution is -0.141. The van der Waals surface area contributed by atoms with Crippen molar-refractivity contribution in [3.8, 4) is 0 Å². The highest BCUT2D eigenvalue weighted by atomic mass is 19.4. The summed E-state index contributed by atoms with van der Waals surface area (Å²) in [4.78, 5) is 87.3. The molecule has 314 valence electrons. The van der Waals surface area contributed by atoms with E-state index >= 15 is 0 Å². The Morgan fingerprint density at radius 1 is 0.900 bits per heavy atom. The maximum Gasteiger partial charge on any atom is 0.433 e. The van der Waals surface area contributed by atoms with Crippen LogP contribution in [0.5, 0.6) is 0 Å². The number of aromatic nitrogens is 3. The minimum absolute atomic E-state index is 0.00148. The number of piperazine rings is 1. The molecule has 3 fully saturated rings. The molecule has 4 aromatic rings. The van der Waals surface area contributed by atoms with Crippen LogP contribution in [-0.4, -0.2) is 122 Å². The minimum atomic E-state index is -4.72. The average Bonchev–Trinajstić information content (AvgIpc) is 3.74. The molecule has 6 heterocycles. The average molecular weight is 830 g/mol. The topological polar surface area (TPSA) is 190 Å². The highest BCUT2D eigenvalue weighted by molar-refractivity contribution is 6.23. The molecular weight excluding hydrogens is 788 g/mol. The van der Waals surface area contributed by atoms with Crippen molar-refractivity contribution in [2.45, 2.75) is 63.4 Å². The van der Waals surface area contributed by atoms with E-state index in [0.29, 0.717) is 68.6 Å². The van der Waals surface area contributed by atoms with Gasteiger partial charge < -0.3 is 20.2 Å². The first kappa shape index (κ1) is 40.6. The van der Waals surface area contributed by atoms with E-state index in [1.54, 1.807) is 30.3 Å². The zero-order valence-corrected chi connectivity index (χ0v) is 32.8. The zero-order valence-electron chi connectivity index (χ0n) is 32.8. The number of carbonyl (C=O) groups excluding carboxylic acids is 6. The van der Waals surface area contributed by atoms with Crippen molar-refractivity contribution in [1.29, 1.82) is 0 Å². The molecular formula is C41H42F3N9O7. The first-order chi connectivity index (χ1) is 28.4. The first-order valence-electron chi connectivity index (χ1n) is 19.7. The number of fused-ring (bicyclic) bond motifs is 2. The largest absolute Gasteiger partial charge is 0.433 e. The smallest absolute Gasteiger partial charge is 0.386 e. The SMILES string of the molecule is CC(C)(O)c1cc2nn(C3CCN(CC(=O)N4CCN(c5ccc6c(c5)C(=O)N(C5CCC(=O)NC5=O)C6=O)CC4)CC3)cc2cc1NC(=O)c1cccc(C(F)(F)F)n1. The normalized spacial score (nSPS) is 19.6. The molecule has 0 aliphatic carbocycles. The van der Waals surface area contributed by atoms with Crippen molar-refractivity contribution in [3.05, 3.63) is 82.8 Å². The summed E-state index contributed by atoms with van der Waals surface area (Å²) in [5.74, 6) is -3.10. The second-order valence-electron chi connectivity index (χ2n) is 16.0. The van der Waals surface area contributed by atoms with Gasteiger partial charge in [0.25, 0.3) is 17.7 Å². The summed E-state index contributed by atoms with van der Waals surface area (Å²) in [6.07, 6.45) is -1.36. The fourth-order valence-electron chi connectivity index (χ4n) is 8.30. The second-order valence-corrected chi connectivity index (χ2v) is 16.0. The molecule has 6 amide bonds. The Labute approximate surface area is 341 Å². The van der Waals surface area contributed by atoms with Crippen molar-refractivity contribution < 1.29 is 47.0 Å². The van der Waals surface area contributed by atoms with Gasteiger partial charge in [0.2, 0.25) is 17.7 Å². The fraction of sp³-hybridized carbons (Fsp3) is 0.415. The summed E-state index contributed by atoms with van der Waals surface area (Å²) < 4.78 is 41.6. The van der Waals surface area contributed by atoms with Crippen molar-refractivity contribution in [2.75, 3.05) is 56.0 Å². The van der Waals surface area contributed by atoms with Crippen molar-refractivity contribution in [1.82, 2.24) is 34.8 Å². The van der Waals surface area contributed by atoms with Crippen LogP contribution >= 0.6 is 0 Å². The van der Waals surface area contributed by atoms with Crippen LogP contribution in [0.25, 0.3) is 10.9 Å². The summed E-state index contributed by atoms with van der Waals surface area (Å²) in [5, 5.41) is 21.2. The van der Waals surface area contributed by atoms with E-state index in [2.05, 4.69) is 20.5 Å². The number of pyridine rings is 1. The van der Waals surface area contributed by atoms with Crippen molar-refractivity contribution >= 4 is 57.7 Å². The number of imide groups is 2. The van der Waals surface area contributed by atoms with E-state index in [9.17, 15) is 47.0 Å². The van der Waals surface area contributed by atoms with Gasteiger partial charge in [0.15, 0.2) is 0 Å². The molecule has 2 aromatic heterocycles. The molecule has 3 saturated heterocycles. The molecule has 4 aliphatic heterocycles. The number of carbonyl (C=O) groups is 6. The first-order valence-corrected chi connectivity index (χ1v) is 19.7. The van der Waals surface area contributed by atoms with Gasteiger partial charge in [-0.15, -0.1) is 0 Å². The standard InChI is InChI=1S/C41H42F3N9O7/c1-40(2,60)28-20-30-23(18-31(28)46-36(56)29-4-3-5-33(45-29)41(42,43)44)21-52(48-30)24-10-12-49(13-11-24)22-35(55)51-16-14-50(15-17-51)25-6-7-26-27(19-25)39(59)53(38(26)58)32-8-9-34(54)47-37(32)57/h3-7,18-21,24,32,60H,8-17,22H2,1-2H3,(H,46,56)(H,47,54,57). The molecule has 1 unspecified atom stereocenters. The monoisotopic (exact) mass is 829 g/mol. The van der Waals surface area contributed by atoms with E-state index in [-0.39, 0.29) is 48.1 Å². The highest BCUT2D eigenvalue weighted by Gasteiger charge is 2.45. The summed E-state index contributed by atoms with van der Waals surface area (Å²) in [6, 6.07) is 10.3. The van der Waals surface area contributed by atoms with Crippen LogP contribution in [0.2, 0.25) is 0 Å². The van der Waals surface area contributed by atoms with Crippen LogP contribution < -0.4 is 15.5 Å². The summed E-state index contributed by atoms with van der Waals surface area (Å²) in [5.41, 5.74) is -0.809. The lowest BCUT2D eigenvalue weighted by Crippen LogP contribution is -2.54. The number of nitrogens with zero attached hydrogens (tertiary/aromatic N) is 7. The number of hydrogen-bond donors (Lipinski definition) is 3. The number of likely N-dealkylation sites (tertiary alicyclic amines) is 1. The number of rotatable bonds is 8. The molecule has 4 aliphatic rings. The van der Waals surface area contributed by atoms with Gasteiger partial charge in [0.05, 0.1) is 34.8 Å². The fourth-order valence-corrected chi connectivity index (χ4v) is 8.30. The number of alkyl halides is 3. The molecule has 0 radical (unpaired) electrons. The van der Waals surface area contributed by atoms with Crippen molar-refractivity contribution in [3.63, 3.8) is 0 Å². The van der Waals surface area contributed by atoms with Gasteiger partial charge in [-0.3, -0.25) is 48.6 Å². The van der Waals surface area contributed by atoms with Crippen LogP contribution in [0.15, 0.2) is 54.7 Å². The number of anilines is 2. The van der Waals surface area contributed by atoms with Crippen molar-refractivity contribution in [2.24, 2.45) is 0 Å². The van der Waals surface area contributed by atoms with E-state index < -0.39 is 58.7 Å². The third-order valence-electron chi connectivity index (χ3n) is 11.6. The lowest BCUT2D eigenvalue weighted by Gasteiger charge is -2.38. The maximum atomic E-state index is 13.4. The molecule has 0 saturated carbocycles. The number of nitrogens with one attached hydrogen (secondary N) is 2. The third kappa shape index (κ3) is 7.93. The summed E-state index contributed by atoms with van der Waals surface area (Å²) >= 11 is 0. The van der Waals surface area contributed by atoms with Crippen LogP contribution in [0.4, 0.5) is 24.5 Å². The maximum absolute atomic E-state index is 13.4. The van der Waals surface area contributed by atoms with Crippen LogP contribution in [0, 0.1) is 0 Å². The van der Waals surface area contributed by atoms with Gasteiger partial charge in [0.1, 0.15) is 17.4 Å². The molecule has 3 N–H and O–H groups in total. The Bertz CT molecular complexity index is 2430. The molecule has 8 rings (SSSR count). The van der Waals surface area contributed by atoms with Gasteiger partial charge in [-0.25, -0.2) is 4.98 Å².